The van der Waals surface area contributed by atoms with E-state index in [0.29, 0.717) is 6.42 Å². The lowest BCUT2D eigenvalue weighted by atomic mass is 10.0. The normalized spacial score (nSPS) is 11.3. The summed E-state index contributed by atoms with van der Waals surface area (Å²) >= 11 is 17.2. The summed E-state index contributed by atoms with van der Waals surface area (Å²) in [5.74, 6) is 0. The van der Waals surface area contributed by atoms with Crippen LogP contribution in [0.15, 0.2) is 40.9 Å². The van der Waals surface area contributed by atoms with Crippen molar-refractivity contribution in [2.45, 2.75) is 13.3 Å². The third kappa shape index (κ3) is 3.90. The molecule has 0 aliphatic carbocycles. The minimum absolute atomic E-state index is 0.279. The van der Waals surface area contributed by atoms with Crippen molar-refractivity contribution in [2.24, 2.45) is 0 Å². The molecule has 0 radical (unpaired) electrons. The molecule has 0 amide bonds. The zero-order valence-electron chi connectivity index (χ0n) is 8.31. The maximum absolute atomic E-state index is 6.09. The molecule has 0 spiro atoms. The lowest BCUT2D eigenvalue weighted by Gasteiger charge is -2.06. The van der Waals surface area contributed by atoms with E-state index >= 15 is 0 Å². The van der Waals surface area contributed by atoms with Crippen LogP contribution in [-0.2, 0) is 0 Å². The van der Waals surface area contributed by atoms with Gasteiger partial charge in [0.2, 0.25) is 0 Å². The maximum atomic E-state index is 6.09. The summed E-state index contributed by atoms with van der Waals surface area (Å²) in [5, 5.41) is 0.740. The first-order valence-corrected chi connectivity index (χ1v) is 5.69. The van der Waals surface area contributed by atoms with Crippen LogP contribution in [0.25, 0.3) is 5.57 Å². The molecule has 80 valence electrons. The Morgan fingerprint density at radius 1 is 1.27 bits per heavy atom. The molecule has 0 nitrogen and oxygen atoms in total. The standard InChI is InChI=1S/C12H11Cl3/c1-2-9(7-8-12(14)15)10-5-3-4-6-11(10)13/h2-6,8H,7H2,1H3/b9-2-. The molecule has 0 aromatic heterocycles. The van der Waals surface area contributed by atoms with E-state index in [1.165, 1.54) is 0 Å². The SMILES string of the molecule is C/C=C(/CC=C(Cl)Cl)c1ccccc1Cl. The highest BCUT2D eigenvalue weighted by molar-refractivity contribution is 6.55. The Hall–Kier alpha value is -0.430. The molecule has 0 N–H and O–H groups in total. The van der Waals surface area contributed by atoms with Gasteiger partial charge in [0, 0.05) is 5.02 Å². The Morgan fingerprint density at radius 2 is 1.93 bits per heavy atom. The molecule has 0 unspecified atom stereocenters. The van der Waals surface area contributed by atoms with Gasteiger partial charge in [0.05, 0.1) is 0 Å². The Morgan fingerprint density at radius 3 is 2.47 bits per heavy atom. The van der Waals surface area contributed by atoms with Gasteiger partial charge in [-0.3, -0.25) is 0 Å². The Kier molecular flexibility index (Phi) is 5.24. The third-order valence-electron chi connectivity index (χ3n) is 2.04. The molecular formula is C12H11Cl3. The van der Waals surface area contributed by atoms with Gasteiger partial charge in [-0.25, -0.2) is 0 Å². The van der Waals surface area contributed by atoms with E-state index in [-0.39, 0.29) is 4.49 Å². The van der Waals surface area contributed by atoms with Crippen molar-refractivity contribution in [3.63, 3.8) is 0 Å². The first-order chi connectivity index (χ1) is 7.15. The summed E-state index contributed by atoms with van der Waals surface area (Å²) < 4.78 is 0.279. The van der Waals surface area contributed by atoms with Crippen LogP contribution < -0.4 is 0 Å². The molecule has 0 atom stereocenters. The minimum Gasteiger partial charge on any atom is -0.0837 e. The van der Waals surface area contributed by atoms with Gasteiger partial charge in [-0.2, -0.15) is 0 Å². The van der Waals surface area contributed by atoms with Crippen molar-refractivity contribution in [2.75, 3.05) is 0 Å². The van der Waals surface area contributed by atoms with Crippen LogP contribution in [0.5, 0.6) is 0 Å². The van der Waals surface area contributed by atoms with E-state index in [1.807, 2.05) is 37.3 Å². The van der Waals surface area contributed by atoms with Gasteiger partial charge in [0.25, 0.3) is 0 Å². The zero-order valence-corrected chi connectivity index (χ0v) is 10.6. The van der Waals surface area contributed by atoms with Crippen LogP contribution in [-0.4, -0.2) is 0 Å². The second kappa shape index (κ2) is 6.22. The van der Waals surface area contributed by atoms with Gasteiger partial charge in [-0.1, -0.05) is 59.1 Å². The molecular weight excluding hydrogens is 250 g/mol. The largest absolute Gasteiger partial charge is 0.103 e. The smallest absolute Gasteiger partial charge is 0.0837 e. The first kappa shape index (κ1) is 12.6. The van der Waals surface area contributed by atoms with Gasteiger partial charge in [-0.15, -0.1) is 0 Å². The highest BCUT2D eigenvalue weighted by atomic mass is 35.5. The molecule has 1 rings (SSSR count). The van der Waals surface area contributed by atoms with E-state index in [4.69, 9.17) is 34.8 Å². The molecule has 0 bridgehead atoms. The number of hydrogen-bond donors (Lipinski definition) is 0. The fourth-order valence-electron chi connectivity index (χ4n) is 1.29. The first-order valence-electron chi connectivity index (χ1n) is 4.56. The predicted octanol–water partition coefficient (Wildman–Crippen LogP) is 5.45. The van der Waals surface area contributed by atoms with Gasteiger partial charge in [-0.05, 0) is 36.6 Å². The quantitative estimate of drug-likeness (QED) is 0.678. The van der Waals surface area contributed by atoms with E-state index in [0.717, 1.165) is 16.2 Å². The molecule has 0 saturated carbocycles. The average Bonchev–Trinajstić information content (AvgIpc) is 2.21. The van der Waals surface area contributed by atoms with Crippen LogP contribution >= 0.6 is 34.8 Å². The highest BCUT2D eigenvalue weighted by Crippen LogP contribution is 2.27. The van der Waals surface area contributed by atoms with Crippen molar-refractivity contribution in [3.8, 4) is 0 Å². The molecule has 3 heteroatoms. The van der Waals surface area contributed by atoms with E-state index in [9.17, 15) is 0 Å². The van der Waals surface area contributed by atoms with Crippen molar-refractivity contribution < 1.29 is 0 Å². The summed E-state index contributed by atoms with van der Waals surface area (Å²) in [7, 11) is 0. The summed E-state index contributed by atoms with van der Waals surface area (Å²) in [4.78, 5) is 0. The summed E-state index contributed by atoms with van der Waals surface area (Å²) in [6, 6.07) is 7.71. The van der Waals surface area contributed by atoms with Crippen LogP contribution in [0.4, 0.5) is 0 Å². The van der Waals surface area contributed by atoms with Gasteiger partial charge in [0.1, 0.15) is 4.49 Å². The number of halogens is 3. The lowest BCUT2D eigenvalue weighted by molar-refractivity contribution is 1.38. The van der Waals surface area contributed by atoms with Crippen LogP contribution in [0, 0.1) is 0 Å². The fourth-order valence-corrected chi connectivity index (χ4v) is 1.70. The van der Waals surface area contributed by atoms with Crippen molar-refractivity contribution >= 4 is 40.4 Å². The van der Waals surface area contributed by atoms with Crippen LogP contribution in [0.1, 0.15) is 18.9 Å². The van der Waals surface area contributed by atoms with Crippen LogP contribution in [0.2, 0.25) is 5.02 Å². The van der Waals surface area contributed by atoms with Crippen molar-refractivity contribution in [1.29, 1.82) is 0 Å². The monoisotopic (exact) mass is 260 g/mol. The number of benzene rings is 1. The third-order valence-corrected chi connectivity index (χ3v) is 2.68. The molecule has 15 heavy (non-hydrogen) atoms. The molecule has 0 aliphatic rings. The van der Waals surface area contributed by atoms with E-state index in [1.54, 1.807) is 6.08 Å². The van der Waals surface area contributed by atoms with Crippen LogP contribution in [0.3, 0.4) is 0 Å². The van der Waals surface area contributed by atoms with E-state index in [2.05, 4.69) is 0 Å². The summed E-state index contributed by atoms with van der Waals surface area (Å²) in [5.41, 5.74) is 2.13. The Balaban J connectivity index is 2.95. The number of rotatable bonds is 3. The molecule has 0 saturated heterocycles. The zero-order chi connectivity index (χ0) is 11.3. The molecule has 0 aliphatic heterocycles. The van der Waals surface area contributed by atoms with Crippen molar-refractivity contribution in [1.82, 2.24) is 0 Å². The summed E-state index contributed by atoms with van der Waals surface area (Å²) in [6.45, 7) is 1.97. The van der Waals surface area contributed by atoms with Gasteiger partial charge in [0.15, 0.2) is 0 Å². The Labute approximate surface area is 105 Å². The molecule has 1 aromatic rings. The number of hydrogen-bond acceptors (Lipinski definition) is 0. The highest BCUT2D eigenvalue weighted by Gasteiger charge is 2.03. The molecule has 0 fully saturated rings. The molecule has 1 aromatic carbocycles. The minimum atomic E-state index is 0.279. The maximum Gasteiger partial charge on any atom is 0.103 e. The fraction of sp³-hybridized carbons (Fsp3) is 0.167. The van der Waals surface area contributed by atoms with Gasteiger partial charge < -0.3 is 0 Å². The molecule has 0 heterocycles. The second-order valence-corrected chi connectivity index (χ2v) is 4.41. The second-order valence-electron chi connectivity index (χ2n) is 2.99. The number of allylic oxidation sites excluding steroid dienone is 3. The average molecular weight is 262 g/mol. The topological polar surface area (TPSA) is 0 Å². The summed E-state index contributed by atoms with van der Waals surface area (Å²) in [6.07, 6.45) is 4.44. The Bertz CT molecular complexity index is 388. The predicted molar refractivity (Wildman–Crippen MR) is 69.5 cm³/mol. The lowest BCUT2D eigenvalue weighted by Crippen LogP contribution is -1.84. The van der Waals surface area contributed by atoms with E-state index < -0.39 is 0 Å². The van der Waals surface area contributed by atoms with Crippen molar-refractivity contribution in [3.05, 3.63) is 51.5 Å². The van der Waals surface area contributed by atoms with Gasteiger partial charge >= 0.3 is 0 Å².